The summed E-state index contributed by atoms with van der Waals surface area (Å²) in [4.78, 5) is 4.51. The normalized spacial score (nSPS) is 11.1. The number of hydrogen-bond acceptors (Lipinski definition) is 2. The molecule has 0 aliphatic rings. The van der Waals surface area contributed by atoms with E-state index in [1.165, 1.54) is 12.1 Å². The molecule has 0 aliphatic heterocycles. The highest BCUT2D eigenvalue weighted by molar-refractivity contribution is 6.30. The van der Waals surface area contributed by atoms with Crippen molar-refractivity contribution >= 4 is 23.1 Å². The molecule has 3 aromatic rings. The van der Waals surface area contributed by atoms with Crippen molar-refractivity contribution in [1.29, 1.82) is 0 Å². The number of benzene rings is 1. The second-order valence-electron chi connectivity index (χ2n) is 4.39. The zero-order valence-electron chi connectivity index (χ0n) is 10.2. The molecule has 3 rings (SSSR count). The van der Waals surface area contributed by atoms with Crippen LogP contribution >= 0.6 is 11.6 Å². The van der Waals surface area contributed by atoms with Crippen molar-refractivity contribution < 1.29 is 4.39 Å². The van der Waals surface area contributed by atoms with Crippen molar-refractivity contribution in [3.05, 3.63) is 52.9 Å². The number of fused-ring (bicyclic) bond motifs is 1. The van der Waals surface area contributed by atoms with Gasteiger partial charge >= 0.3 is 0 Å². The van der Waals surface area contributed by atoms with Crippen LogP contribution in [0.15, 0.2) is 36.5 Å². The summed E-state index contributed by atoms with van der Waals surface area (Å²) in [5.41, 5.74) is 9.19. The number of anilines is 1. The molecule has 0 aliphatic carbocycles. The molecule has 2 aromatic heterocycles. The van der Waals surface area contributed by atoms with Crippen LogP contribution in [-0.4, -0.2) is 9.38 Å². The number of nitrogens with two attached hydrogens (primary N) is 1. The van der Waals surface area contributed by atoms with E-state index in [1.807, 2.05) is 13.0 Å². The highest BCUT2D eigenvalue weighted by Gasteiger charge is 2.13. The first-order valence-electron chi connectivity index (χ1n) is 5.76. The summed E-state index contributed by atoms with van der Waals surface area (Å²) < 4.78 is 14.7. The van der Waals surface area contributed by atoms with Gasteiger partial charge < -0.3 is 5.73 Å². The second-order valence-corrected chi connectivity index (χ2v) is 4.82. The topological polar surface area (TPSA) is 43.3 Å². The number of pyridine rings is 1. The molecule has 3 nitrogen and oxygen atoms in total. The highest BCUT2D eigenvalue weighted by Crippen LogP contribution is 2.29. The molecule has 2 N–H and O–H groups in total. The smallest absolute Gasteiger partial charge is 0.142 e. The fourth-order valence-corrected chi connectivity index (χ4v) is 2.37. The van der Waals surface area contributed by atoms with Gasteiger partial charge in [0.05, 0.1) is 5.02 Å². The quantitative estimate of drug-likeness (QED) is 0.736. The van der Waals surface area contributed by atoms with Crippen LogP contribution in [0.4, 0.5) is 10.2 Å². The predicted octanol–water partition coefficient (Wildman–Crippen LogP) is 3.68. The van der Waals surface area contributed by atoms with Gasteiger partial charge in [-0.15, -0.1) is 0 Å². The molecule has 0 saturated carbocycles. The number of aromatic nitrogens is 2. The zero-order valence-corrected chi connectivity index (χ0v) is 10.9. The van der Waals surface area contributed by atoms with E-state index in [2.05, 4.69) is 4.98 Å². The van der Waals surface area contributed by atoms with Gasteiger partial charge in [-0.2, -0.15) is 0 Å². The summed E-state index contributed by atoms with van der Waals surface area (Å²) in [7, 11) is 0. The van der Waals surface area contributed by atoms with Crippen molar-refractivity contribution in [2.75, 3.05) is 5.73 Å². The largest absolute Gasteiger partial charge is 0.383 e. The van der Waals surface area contributed by atoms with Crippen molar-refractivity contribution in [3.63, 3.8) is 0 Å². The average molecular weight is 276 g/mol. The van der Waals surface area contributed by atoms with Crippen LogP contribution < -0.4 is 5.73 Å². The molecule has 5 heteroatoms. The first-order chi connectivity index (χ1) is 9.06. The van der Waals surface area contributed by atoms with Gasteiger partial charge in [-0.3, -0.25) is 4.40 Å². The summed E-state index contributed by atoms with van der Waals surface area (Å²) >= 11 is 6.02. The van der Waals surface area contributed by atoms with Crippen LogP contribution in [0.1, 0.15) is 5.56 Å². The molecule has 0 unspecified atom stereocenters. The summed E-state index contributed by atoms with van der Waals surface area (Å²) in [5.74, 6) is 0.206. The predicted molar refractivity (Wildman–Crippen MR) is 74.7 cm³/mol. The van der Waals surface area contributed by atoms with Crippen LogP contribution in [-0.2, 0) is 0 Å². The molecule has 0 radical (unpaired) electrons. The number of imidazole rings is 1. The summed E-state index contributed by atoms with van der Waals surface area (Å²) in [6, 6.07) is 7.92. The first-order valence-corrected chi connectivity index (χ1v) is 6.13. The molecular formula is C14H11ClFN3. The van der Waals surface area contributed by atoms with E-state index in [0.29, 0.717) is 16.5 Å². The van der Waals surface area contributed by atoms with Gasteiger partial charge in [0, 0.05) is 11.8 Å². The Kier molecular flexibility index (Phi) is 2.68. The molecule has 0 saturated heterocycles. The minimum absolute atomic E-state index is 0.287. The lowest BCUT2D eigenvalue weighted by atomic mass is 10.1. The molecular weight excluding hydrogens is 265 g/mol. The van der Waals surface area contributed by atoms with Crippen LogP contribution in [0.2, 0.25) is 5.02 Å². The minimum atomic E-state index is -0.287. The van der Waals surface area contributed by atoms with Gasteiger partial charge in [-0.05, 0) is 42.8 Å². The lowest BCUT2D eigenvalue weighted by Gasteiger charge is -2.01. The molecule has 0 fully saturated rings. The zero-order chi connectivity index (χ0) is 13.6. The van der Waals surface area contributed by atoms with Crippen LogP contribution in [0.5, 0.6) is 0 Å². The molecule has 19 heavy (non-hydrogen) atoms. The third kappa shape index (κ3) is 1.94. The number of nitrogen functional groups attached to an aromatic ring is 1. The van der Waals surface area contributed by atoms with E-state index in [-0.39, 0.29) is 5.82 Å². The molecule has 96 valence electrons. The Bertz CT molecular complexity index is 762. The average Bonchev–Trinajstić information content (AvgIpc) is 2.69. The second kappa shape index (κ2) is 4.24. The third-order valence-corrected chi connectivity index (χ3v) is 3.23. The lowest BCUT2D eigenvalue weighted by molar-refractivity contribution is 0.628. The standard InChI is InChI=1S/C14H11ClFN3/c1-8-6-10(15)7-19-13(17)12(18-14(8)19)9-2-4-11(16)5-3-9/h2-7H,17H2,1H3. The van der Waals surface area contributed by atoms with Crippen LogP contribution in [0, 0.1) is 12.7 Å². The van der Waals surface area contributed by atoms with Crippen LogP contribution in [0.3, 0.4) is 0 Å². The SMILES string of the molecule is Cc1cc(Cl)cn2c(N)c(-c3ccc(F)cc3)nc12. The van der Waals surface area contributed by atoms with Gasteiger partial charge in [0.1, 0.15) is 23.0 Å². The maximum absolute atomic E-state index is 13.0. The van der Waals surface area contributed by atoms with Crippen molar-refractivity contribution in [1.82, 2.24) is 9.38 Å². The Hall–Kier alpha value is -2.07. The molecule has 0 amide bonds. The van der Waals surface area contributed by atoms with E-state index in [0.717, 1.165) is 16.8 Å². The van der Waals surface area contributed by atoms with Gasteiger partial charge in [0.2, 0.25) is 0 Å². The minimum Gasteiger partial charge on any atom is -0.383 e. The summed E-state index contributed by atoms with van der Waals surface area (Å²) in [5, 5.41) is 0.597. The summed E-state index contributed by atoms with van der Waals surface area (Å²) in [6.07, 6.45) is 1.72. The van der Waals surface area contributed by atoms with E-state index in [9.17, 15) is 4.39 Å². The third-order valence-electron chi connectivity index (χ3n) is 3.03. The number of halogens is 2. The maximum atomic E-state index is 13.0. The highest BCUT2D eigenvalue weighted by atomic mass is 35.5. The Morgan fingerprint density at radius 1 is 1.26 bits per heavy atom. The van der Waals surface area contributed by atoms with Crippen molar-refractivity contribution in [2.24, 2.45) is 0 Å². The summed E-state index contributed by atoms with van der Waals surface area (Å²) in [6.45, 7) is 1.92. The van der Waals surface area contributed by atoms with Gasteiger partial charge in [-0.25, -0.2) is 9.37 Å². The molecule has 0 spiro atoms. The fourth-order valence-electron chi connectivity index (χ4n) is 2.11. The van der Waals surface area contributed by atoms with Crippen LogP contribution in [0.25, 0.3) is 16.9 Å². The number of aryl methyl sites for hydroxylation is 1. The Labute approximate surface area is 114 Å². The van der Waals surface area contributed by atoms with Crippen molar-refractivity contribution in [2.45, 2.75) is 6.92 Å². The number of hydrogen-bond donors (Lipinski definition) is 1. The number of nitrogens with zero attached hydrogens (tertiary/aromatic N) is 2. The molecule has 0 bridgehead atoms. The maximum Gasteiger partial charge on any atom is 0.142 e. The van der Waals surface area contributed by atoms with E-state index >= 15 is 0 Å². The Morgan fingerprint density at radius 3 is 2.63 bits per heavy atom. The molecule has 1 aromatic carbocycles. The fraction of sp³-hybridized carbons (Fsp3) is 0.0714. The Morgan fingerprint density at radius 2 is 1.95 bits per heavy atom. The van der Waals surface area contributed by atoms with E-state index in [4.69, 9.17) is 17.3 Å². The number of rotatable bonds is 1. The van der Waals surface area contributed by atoms with Gasteiger partial charge in [-0.1, -0.05) is 11.6 Å². The van der Waals surface area contributed by atoms with Gasteiger partial charge in [0.25, 0.3) is 0 Å². The first kappa shape index (κ1) is 12.0. The molecule has 2 heterocycles. The molecule has 0 atom stereocenters. The van der Waals surface area contributed by atoms with Crippen molar-refractivity contribution in [3.8, 4) is 11.3 Å². The van der Waals surface area contributed by atoms with E-state index < -0.39 is 0 Å². The monoisotopic (exact) mass is 275 g/mol. The van der Waals surface area contributed by atoms with E-state index in [1.54, 1.807) is 22.7 Å². The Balaban J connectivity index is 2.28. The van der Waals surface area contributed by atoms with Gasteiger partial charge in [0.15, 0.2) is 0 Å². The lowest BCUT2D eigenvalue weighted by Crippen LogP contribution is -1.95.